The Hall–Kier alpha value is -2.25. The van der Waals surface area contributed by atoms with E-state index in [9.17, 15) is 14.0 Å². The number of nitrogens with zero attached hydrogens (tertiary/aromatic N) is 1. The Labute approximate surface area is 143 Å². The first-order valence-corrected chi connectivity index (χ1v) is 8.46. The van der Waals surface area contributed by atoms with Gasteiger partial charge in [-0.15, -0.1) is 11.3 Å². The molecule has 1 aliphatic heterocycles. The normalized spacial score (nSPS) is 17.8. The van der Waals surface area contributed by atoms with Crippen molar-refractivity contribution in [2.45, 2.75) is 12.5 Å². The smallest absolute Gasteiger partial charge is 0.253 e. The maximum atomic E-state index is 13.0. The van der Waals surface area contributed by atoms with Gasteiger partial charge in [0.15, 0.2) is 0 Å². The van der Waals surface area contributed by atoms with Crippen LogP contribution in [0, 0.1) is 5.82 Å². The molecule has 0 spiro atoms. The Kier molecular flexibility index (Phi) is 5.22. The fraction of sp³-hybridized carbons (Fsp3) is 0.294. The second-order valence-electron chi connectivity index (χ2n) is 5.47. The monoisotopic (exact) mass is 348 g/mol. The average molecular weight is 348 g/mol. The van der Waals surface area contributed by atoms with Crippen LogP contribution >= 0.6 is 11.3 Å². The largest absolute Gasteiger partial charge is 0.365 e. The second-order valence-corrected chi connectivity index (χ2v) is 6.51. The van der Waals surface area contributed by atoms with Crippen molar-refractivity contribution in [2.75, 3.05) is 24.6 Å². The minimum atomic E-state index is -0.350. The lowest BCUT2D eigenvalue weighted by Crippen LogP contribution is -2.50. The van der Waals surface area contributed by atoms with Crippen LogP contribution in [0.3, 0.4) is 0 Å². The molecule has 5 nitrogen and oxygen atoms in total. The van der Waals surface area contributed by atoms with E-state index in [1.54, 1.807) is 17.0 Å². The number of ether oxygens (including phenoxy) is 1. The molecule has 0 radical (unpaired) electrons. The second kappa shape index (κ2) is 7.55. The number of rotatable bonds is 5. The number of carbonyl (C=O) groups is 2. The standard InChI is InChI=1S/C17H17FN2O3S/c18-12-3-5-13(6-4-12)20-10-14(23-11-17(20)22)9-19-16(21)8-15-2-1-7-24-15/h1-7,14H,8-11H2,(H,19,21). The molecule has 1 fully saturated rings. The summed E-state index contributed by atoms with van der Waals surface area (Å²) in [7, 11) is 0. The lowest BCUT2D eigenvalue weighted by atomic mass is 10.2. The third-order valence-corrected chi connectivity index (χ3v) is 4.59. The fourth-order valence-corrected chi connectivity index (χ4v) is 3.18. The number of halogens is 1. The summed E-state index contributed by atoms with van der Waals surface area (Å²) in [6.45, 7) is 0.599. The van der Waals surface area contributed by atoms with Crippen LogP contribution in [0.2, 0.25) is 0 Å². The molecule has 0 bridgehead atoms. The Morgan fingerprint density at radius 1 is 1.33 bits per heavy atom. The SMILES string of the molecule is O=C(Cc1cccs1)NCC1CN(c2ccc(F)cc2)C(=O)CO1. The third-order valence-electron chi connectivity index (χ3n) is 3.71. The van der Waals surface area contributed by atoms with Crippen molar-refractivity contribution >= 4 is 28.8 Å². The Balaban J connectivity index is 1.54. The summed E-state index contributed by atoms with van der Waals surface area (Å²) in [5.41, 5.74) is 0.625. The van der Waals surface area contributed by atoms with Gasteiger partial charge in [-0.3, -0.25) is 9.59 Å². The molecule has 1 saturated heterocycles. The molecule has 3 rings (SSSR count). The highest BCUT2D eigenvalue weighted by Gasteiger charge is 2.27. The molecule has 1 atom stereocenters. The van der Waals surface area contributed by atoms with Gasteiger partial charge in [-0.1, -0.05) is 6.07 Å². The van der Waals surface area contributed by atoms with Gasteiger partial charge in [0.2, 0.25) is 5.91 Å². The van der Waals surface area contributed by atoms with E-state index in [4.69, 9.17) is 4.74 Å². The predicted octanol–water partition coefficient (Wildman–Crippen LogP) is 1.98. The van der Waals surface area contributed by atoms with Gasteiger partial charge in [0.1, 0.15) is 12.4 Å². The maximum Gasteiger partial charge on any atom is 0.253 e. The average Bonchev–Trinajstić information content (AvgIpc) is 3.08. The van der Waals surface area contributed by atoms with Crippen molar-refractivity contribution < 1.29 is 18.7 Å². The summed E-state index contributed by atoms with van der Waals surface area (Å²) in [6.07, 6.45) is 0.0467. The molecule has 1 aromatic carbocycles. The molecule has 0 saturated carbocycles. The highest BCUT2D eigenvalue weighted by Crippen LogP contribution is 2.19. The molecule has 7 heteroatoms. The van der Waals surface area contributed by atoms with Gasteiger partial charge < -0.3 is 15.0 Å². The Morgan fingerprint density at radius 2 is 2.12 bits per heavy atom. The first-order valence-electron chi connectivity index (χ1n) is 7.58. The molecule has 0 aliphatic carbocycles. The van der Waals surface area contributed by atoms with Crippen LogP contribution in [0.4, 0.5) is 10.1 Å². The van der Waals surface area contributed by atoms with Gasteiger partial charge >= 0.3 is 0 Å². The van der Waals surface area contributed by atoms with Crippen LogP contribution in [-0.2, 0) is 20.7 Å². The topological polar surface area (TPSA) is 58.6 Å². The van der Waals surface area contributed by atoms with Gasteiger partial charge in [0, 0.05) is 17.1 Å². The Morgan fingerprint density at radius 3 is 2.83 bits per heavy atom. The predicted molar refractivity (Wildman–Crippen MR) is 89.5 cm³/mol. The van der Waals surface area contributed by atoms with Crippen LogP contribution in [0.1, 0.15) is 4.88 Å². The van der Waals surface area contributed by atoms with Crippen LogP contribution < -0.4 is 10.2 Å². The summed E-state index contributed by atoms with van der Waals surface area (Å²) < 4.78 is 18.5. The Bertz CT molecular complexity index is 703. The van der Waals surface area contributed by atoms with E-state index in [0.29, 0.717) is 25.2 Å². The number of carbonyl (C=O) groups excluding carboxylic acids is 2. The molecular formula is C17H17FN2O3S. The van der Waals surface area contributed by atoms with E-state index in [0.717, 1.165) is 4.88 Å². The highest BCUT2D eigenvalue weighted by molar-refractivity contribution is 7.10. The number of anilines is 1. The van der Waals surface area contributed by atoms with Crippen LogP contribution in [0.25, 0.3) is 0 Å². The maximum absolute atomic E-state index is 13.0. The molecule has 1 aromatic heterocycles. The zero-order valence-corrected chi connectivity index (χ0v) is 13.7. The summed E-state index contributed by atoms with van der Waals surface area (Å²) in [4.78, 5) is 26.5. The van der Waals surface area contributed by atoms with E-state index in [2.05, 4.69) is 5.32 Å². The minimum absolute atomic E-state index is 0.0527. The van der Waals surface area contributed by atoms with Crippen LogP contribution in [-0.4, -0.2) is 37.6 Å². The van der Waals surface area contributed by atoms with E-state index in [1.807, 2.05) is 17.5 Å². The first kappa shape index (κ1) is 16.6. The summed E-state index contributed by atoms with van der Waals surface area (Å²) >= 11 is 1.54. The molecule has 1 aliphatic rings. The minimum Gasteiger partial charge on any atom is -0.365 e. The first-order chi connectivity index (χ1) is 11.6. The van der Waals surface area contributed by atoms with Crippen molar-refractivity contribution in [1.82, 2.24) is 5.32 Å². The number of morpholine rings is 1. The van der Waals surface area contributed by atoms with E-state index >= 15 is 0 Å². The third kappa shape index (κ3) is 4.18. The molecule has 1 unspecified atom stereocenters. The number of amides is 2. The van der Waals surface area contributed by atoms with Crippen LogP contribution in [0.15, 0.2) is 41.8 Å². The number of nitrogens with one attached hydrogen (secondary N) is 1. The van der Waals surface area contributed by atoms with E-state index in [1.165, 1.54) is 23.5 Å². The van der Waals surface area contributed by atoms with Gasteiger partial charge in [-0.2, -0.15) is 0 Å². The fourth-order valence-electron chi connectivity index (χ4n) is 2.48. The van der Waals surface area contributed by atoms with Gasteiger partial charge in [-0.25, -0.2) is 4.39 Å². The lowest BCUT2D eigenvalue weighted by Gasteiger charge is -2.32. The number of hydrogen-bond donors (Lipinski definition) is 1. The van der Waals surface area contributed by atoms with Gasteiger partial charge in [-0.05, 0) is 35.7 Å². The molecule has 2 aromatic rings. The van der Waals surface area contributed by atoms with Crippen molar-refractivity contribution in [3.63, 3.8) is 0 Å². The zero-order chi connectivity index (χ0) is 16.9. The summed E-state index contributed by atoms with van der Waals surface area (Å²) in [6, 6.07) is 9.57. The lowest BCUT2D eigenvalue weighted by molar-refractivity contribution is -0.129. The molecule has 2 amide bonds. The highest BCUT2D eigenvalue weighted by atomic mass is 32.1. The van der Waals surface area contributed by atoms with Crippen LogP contribution in [0.5, 0.6) is 0 Å². The van der Waals surface area contributed by atoms with Gasteiger partial charge in [0.25, 0.3) is 5.91 Å². The molecule has 24 heavy (non-hydrogen) atoms. The van der Waals surface area contributed by atoms with Crippen molar-refractivity contribution in [3.8, 4) is 0 Å². The molecular weight excluding hydrogens is 331 g/mol. The van der Waals surface area contributed by atoms with Crippen molar-refractivity contribution in [2.24, 2.45) is 0 Å². The number of thiophene rings is 1. The molecule has 2 heterocycles. The zero-order valence-electron chi connectivity index (χ0n) is 12.9. The molecule has 126 valence electrons. The number of benzene rings is 1. The quantitative estimate of drug-likeness (QED) is 0.899. The van der Waals surface area contributed by atoms with Crippen molar-refractivity contribution in [1.29, 1.82) is 0 Å². The number of hydrogen-bond acceptors (Lipinski definition) is 4. The van der Waals surface area contributed by atoms with Gasteiger partial charge in [0.05, 0.1) is 19.1 Å². The molecule has 1 N–H and O–H groups in total. The van der Waals surface area contributed by atoms with Crippen molar-refractivity contribution in [3.05, 3.63) is 52.5 Å². The van der Waals surface area contributed by atoms with E-state index in [-0.39, 0.29) is 30.3 Å². The van der Waals surface area contributed by atoms with E-state index < -0.39 is 0 Å². The summed E-state index contributed by atoms with van der Waals surface area (Å²) in [5, 5.41) is 4.76. The summed E-state index contributed by atoms with van der Waals surface area (Å²) in [5.74, 6) is -0.606.